The summed E-state index contributed by atoms with van der Waals surface area (Å²) >= 11 is 0. The highest BCUT2D eigenvalue weighted by Crippen LogP contribution is 2.06. The van der Waals surface area contributed by atoms with Gasteiger partial charge in [-0.05, 0) is 17.7 Å². The molecule has 2 rings (SSSR count). The van der Waals surface area contributed by atoms with Crippen LogP contribution in [0.2, 0.25) is 0 Å². The Morgan fingerprint density at radius 2 is 1.60 bits per heavy atom. The van der Waals surface area contributed by atoms with Crippen LogP contribution in [0.15, 0.2) is 60.7 Å². The van der Waals surface area contributed by atoms with Crippen LogP contribution in [0.1, 0.15) is 15.9 Å². The smallest absolute Gasteiger partial charge is 0.279 e. The van der Waals surface area contributed by atoms with E-state index in [1.807, 2.05) is 48.5 Å². The molecular formula is C16H17NO3. The molecule has 0 saturated heterocycles. The van der Waals surface area contributed by atoms with Crippen LogP contribution in [-0.2, 0) is 16.2 Å². The van der Waals surface area contributed by atoms with Gasteiger partial charge in [0.2, 0.25) is 0 Å². The molecule has 2 aromatic rings. The third-order valence-corrected chi connectivity index (χ3v) is 2.79. The highest BCUT2D eigenvalue weighted by molar-refractivity contribution is 5.93. The first-order chi connectivity index (χ1) is 9.81. The summed E-state index contributed by atoms with van der Waals surface area (Å²) < 4.78 is 5.50. The van der Waals surface area contributed by atoms with Crippen LogP contribution < -0.4 is 0 Å². The molecule has 0 bridgehead atoms. The predicted octanol–water partition coefficient (Wildman–Crippen LogP) is 2.86. The van der Waals surface area contributed by atoms with Gasteiger partial charge in [0.05, 0.1) is 13.7 Å². The molecule has 1 amide bonds. The largest absolute Gasteiger partial charge is 0.354 e. The monoisotopic (exact) mass is 271 g/mol. The third kappa shape index (κ3) is 3.91. The molecule has 0 radical (unpaired) electrons. The maximum Gasteiger partial charge on any atom is 0.279 e. The van der Waals surface area contributed by atoms with E-state index in [0.717, 1.165) is 5.56 Å². The SMILES string of the molecule is CON(COCc1ccccc1)C(=O)c1ccccc1. The van der Waals surface area contributed by atoms with Crippen LogP contribution in [0.5, 0.6) is 0 Å². The number of nitrogens with zero attached hydrogens (tertiary/aromatic N) is 1. The summed E-state index contributed by atoms with van der Waals surface area (Å²) in [7, 11) is 1.45. The molecular weight excluding hydrogens is 254 g/mol. The normalized spacial score (nSPS) is 10.2. The van der Waals surface area contributed by atoms with Crippen LogP contribution in [0.4, 0.5) is 0 Å². The molecule has 4 nitrogen and oxygen atoms in total. The summed E-state index contributed by atoms with van der Waals surface area (Å²) in [6.07, 6.45) is 0. The van der Waals surface area contributed by atoms with Gasteiger partial charge in [-0.1, -0.05) is 48.5 Å². The summed E-state index contributed by atoms with van der Waals surface area (Å²) in [6, 6.07) is 18.7. The lowest BCUT2D eigenvalue weighted by atomic mass is 10.2. The maximum atomic E-state index is 12.1. The lowest BCUT2D eigenvalue weighted by Gasteiger charge is -2.19. The number of ether oxygens (including phenoxy) is 1. The molecule has 0 spiro atoms. The van der Waals surface area contributed by atoms with Gasteiger partial charge in [-0.3, -0.25) is 9.63 Å². The summed E-state index contributed by atoms with van der Waals surface area (Å²) in [6.45, 7) is 0.516. The number of rotatable bonds is 6. The lowest BCUT2D eigenvalue weighted by Crippen LogP contribution is -2.32. The molecule has 0 unspecified atom stereocenters. The summed E-state index contributed by atoms with van der Waals surface area (Å²) in [5.41, 5.74) is 1.62. The molecule has 104 valence electrons. The topological polar surface area (TPSA) is 38.8 Å². The first kappa shape index (κ1) is 14.2. The number of hydrogen-bond acceptors (Lipinski definition) is 3. The summed E-state index contributed by atoms with van der Waals surface area (Å²) in [5, 5.41) is 1.19. The fourth-order valence-corrected chi connectivity index (χ4v) is 1.74. The van der Waals surface area contributed by atoms with Gasteiger partial charge in [0, 0.05) is 5.56 Å². The van der Waals surface area contributed by atoms with E-state index in [4.69, 9.17) is 9.57 Å². The number of benzene rings is 2. The fraction of sp³-hybridized carbons (Fsp3) is 0.188. The zero-order valence-electron chi connectivity index (χ0n) is 11.4. The number of carbonyl (C=O) groups is 1. The van der Waals surface area contributed by atoms with Gasteiger partial charge in [-0.2, -0.15) is 5.06 Å². The van der Waals surface area contributed by atoms with Gasteiger partial charge in [-0.15, -0.1) is 0 Å². The van der Waals surface area contributed by atoms with Crippen LogP contribution in [0.25, 0.3) is 0 Å². The minimum atomic E-state index is -0.221. The van der Waals surface area contributed by atoms with Crippen molar-refractivity contribution in [3.8, 4) is 0 Å². The van der Waals surface area contributed by atoms with E-state index in [2.05, 4.69) is 0 Å². The third-order valence-electron chi connectivity index (χ3n) is 2.79. The Hall–Kier alpha value is -2.17. The molecule has 2 aromatic carbocycles. The molecule has 0 aliphatic carbocycles. The molecule has 0 aromatic heterocycles. The molecule has 0 N–H and O–H groups in total. The Labute approximate surface area is 118 Å². The Kier molecular flexibility index (Phi) is 5.29. The Morgan fingerprint density at radius 3 is 2.20 bits per heavy atom. The van der Waals surface area contributed by atoms with E-state index in [1.54, 1.807) is 12.1 Å². The second-order valence-corrected chi connectivity index (χ2v) is 4.20. The maximum absolute atomic E-state index is 12.1. The van der Waals surface area contributed by atoms with Crippen LogP contribution >= 0.6 is 0 Å². The summed E-state index contributed by atoms with van der Waals surface area (Å²) in [5.74, 6) is -0.221. The molecule has 4 heteroatoms. The zero-order chi connectivity index (χ0) is 14.2. The minimum Gasteiger partial charge on any atom is -0.354 e. The molecule has 0 aliphatic rings. The molecule has 0 atom stereocenters. The Bertz CT molecular complexity index is 528. The Balaban J connectivity index is 1.88. The minimum absolute atomic E-state index is 0.0825. The average molecular weight is 271 g/mol. The average Bonchev–Trinajstić information content (AvgIpc) is 2.53. The molecule has 0 aliphatic heterocycles. The van der Waals surface area contributed by atoms with Crippen LogP contribution in [0.3, 0.4) is 0 Å². The van der Waals surface area contributed by atoms with Crippen LogP contribution in [-0.4, -0.2) is 24.8 Å². The van der Waals surface area contributed by atoms with Crippen molar-refractivity contribution in [2.45, 2.75) is 6.61 Å². The first-order valence-electron chi connectivity index (χ1n) is 6.34. The van der Waals surface area contributed by atoms with Crippen molar-refractivity contribution in [1.82, 2.24) is 5.06 Å². The van der Waals surface area contributed by atoms with Gasteiger partial charge in [-0.25, -0.2) is 0 Å². The van der Waals surface area contributed by atoms with Crippen molar-refractivity contribution < 1.29 is 14.4 Å². The van der Waals surface area contributed by atoms with Crippen LogP contribution in [0, 0.1) is 0 Å². The molecule has 0 heterocycles. The van der Waals surface area contributed by atoms with Crippen molar-refractivity contribution in [1.29, 1.82) is 0 Å². The van der Waals surface area contributed by atoms with E-state index in [9.17, 15) is 4.79 Å². The van der Waals surface area contributed by atoms with E-state index in [-0.39, 0.29) is 12.6 Å². The number of amides is 1. The second-order valence-electron chi connectivity index (χ2n) is 4.20. The highest BCUT2D eigenvalue weighted by atomic mass is 16.7. The van der Waals surface area contributed by atoms with Gasteiger partial charge in [0.25, 0.3) is 5.91 Å². The van der Waals surface area contributed by atoms with Gasteiger partial charge < -0.3 is 4.74 Å². The molecule has 0 fully saturated rings. The first-order valence-corrected chi connectivity index (χ1v) is 6.34. The number of carbonyl (C=O) groups excluding carboxylic acids is 1. The lowest BCUT2D eigenvalue weighted by molar-refractivity contribution is -0.155. The number of hydrogen-bond donors (Lipinski definition) is 0. The van der Waals surface area contributed by atoms with Crippen molar-refractivity contribution in [3.63, 3.8) is 0 Å². The zero-order valence-corrected chi connectivity index (χ0v) is 11.4. The molecule has 20 heavy (non-hydrogen) atoms. The van der Waals surface area contributed by atoms with Gasteiger partial charge in [0.15, 0.2) is 0 Å². The summed E-state index contributed by atoms with van der Waals surface area (Å²) in [4.78, 5) is 17.2. The van der Waals surface area contributed by atoms with E-state index in [1.165, 1.54) is 12.2 Å². The fourth-order valence-electron chi connectivity index (χ4n) is 1.74. The Morgan fingerprint density at radius 1 is 1.00 bits per heavy atom. The highest BCUT2D eigenvalue weighted by Gasteiger charge is 2.15. The van der Waals surface area contributed by atoms with E-state index in [0.29, 0.717) is 12.2 Å². The number of hydroxylamine groups is 2. The predicted molar refractivity (Wildman–Crippen MR) is 75.7 cm³/mol. The van der Waals surface area contributed by atoms with Gasteiger partial charge >= 0.3 is 0 Å². The van der Waals surface area contributed by atoms with Crippen molar-refractivity contribution in [2.24, 2.45) is 0 Å². The standard InChI is InChI=1S/C16H17NO3/c1-19-17(16(18)15-10-6-3-7-11-15)13-20-12-14-8-4-2-5-9-14/h2-11H,12-13H2,1H3. The van der Waals surface area contributed by atoms with Gasteiger partial charge in [0.1, 0.15) is 6.73 Å². The van der Waals surface area contributed by atoms with E-state index >= 15 is 0 Å². The second kappa shape index (κ2) is 7.43. The quantitative estimate of drug-likeness (QED) is 0.599. The van der Waals surface area contributed by atoms with Crippen molar-refractivity contribution >= 4 is 5.91 Å². The van der Waals surface area contributed by atoms with Crippen molar-refractivity contribution in [2.75, 3.05) is 13.8 Å². The van der Waals surface area contributed by atoms with E-state index < -0.39 is 0 Å². The van der Waals surface area contributed by atoms with Crippen molar-refractivity contribution in [3.05, 3.63) is 71.8 Å². The molecule has 0 saturated carbocycles.